The van der Waals surface area contributed by atoms with Crippen LogP contribution < -0.4 is 0 Å². The molecule has 0 aliphatic heterocycles. The maximum Gasteiger partial charge on any atom is 0.127 e. The van der Waals surface area contributed by atoms with Crippen LogP contribution in [-0.2, 0) is 0 Å². The Morgan fingerprint density at radius 2 is 1.76 bits per heavy atom. The summed E-state index contributed by atoms with van der Waals surface area (Å²) in [5.41, 5.74) is 4.01. The van der Waals surface area contributed by atoms with Gasteiger partial charge in [0.05, 0.1) is 17.6 Å². The van der Waals surface area contributed by atoms with Crippen LogP contribution in [0.5, 0.6) is 0 Å². The molecule has 0 fully saturated rings. The number of hydrogen-bond donors (Lipinski definition) is 0. The van der Waals surface area contributed by atoms with Gasteiger partial charge in [0.25, 0.3) is 0 Å². The van der Waals surface area contributed by atoms with Crippen LogP contribution >= 0.6 is 0 Å². The predicted octanol–water partition coefficient (Wildman–Crippen LogP) is 3.53. The van der Waals surface area contributed by atoms with Crippen LogP contribution in [0.15, 0.2) is 66.2 Å². The van der Waals surface area contributed by atoms with E-state index in [4.69, 9.17) is 0 Å². The molecule has 1 aromatic carbocycles. The molecule has 4 heteroatoms. The van der Waals surface area contributed by atoms with E-state index in [1.807, 2.05) is 67.2 Å². The van der Waals surface area contributed by atoms with Crippen LogP contribution in [0.1, 0.15) is 18.3 Å². The molecular formula is C17H16N4. The van der Waals surface area contributed by atoms with Gasteiger partial charge in [-0.1, -0.05) is 30.3 Å². The van der Waals surface area contributed by atoms with Crippen molar-refractivity contribution in [3.05, 3.63) is 72.4 Å². The number of nitrogens with zero attached hydrogens (tertiary/aromatic N) is 4. The molecule has 2 aromatic heterocycles. The Kier molecular flexibility index (Phi) is 3.60. The van der Waals surface area contributed by atoms with Crippen LogP contribution in [0.4, 0.5) is 0 Å². The van der Waals surface area contributed by atoms with Gasteiger partial charge in [-0.15, -0.1) is 0 Å². The maximum absolute atomic E-state index is 4.62. The summed E-state index contributed by atoms with van der Waals surface area (Å²) in [5.74, 6) is 0.863. The summed E-state index contributed by atoms with van der Waals surface area (Å²) in [5, 5.41) is 4.62. The first-order chi connectivity index (χ1) is 10.2. The third-order valence-electron chi connectivity index (χ3n) is 3.28. The molecule has 0 aliphatic rings. The van der Waals surface area contributed by atoms with Crippen molar-refractivity contribution >= 4 is 5.71 Å². The van der Waals surface area contributed by atoms with E-state index >= 15 is 0 Å². The zero-order valence-corrected chi connectivity index (χ0v) is 12.1. The number of aryl methyl sites for hydroxylation is 1. The first-order valence-corrected chi connectivity index (χ1v) is 6.81. The largest absolute Gasteiger partial charge is 0.265 e. The fourth-order valence-corrected chi connectivity index (χ4v) is 2.13. The minimum absolute atomic E-state index is 0.863. The monoisotopic (exact) mass is 276 g/mol. The van der Waals surface area contributed by atoms with E-state index in [9.17, 15) is 0 Å². The zero-order chi connectivity index (χ0) is 14.7. The van der Waals surface area contributed by atoms with E-state index in [2.05, 4.69) is 15.1 Å². The van der Waals surface area contributed by atoms with Gasteiger partial charge < -0.3 is 0 Å². The second-order valence-corrected chi connectivity index (χ2v) is 4.81. The average molecular weight is 276 g/mol. The molecule has 0 unspecified atom stereocenters. The molecule has 0 atom stereocenters. The lowest BCUT2D eigenvalue weighted by atomic mass is 10.2. The molecule has 0 amide bonds. The van der Waals surface area contributed by atoms with Gasteiger partial charge in [0.15, 0.2) is 0 Å². The summed E-state index contributed by atoms with van der Waals surface area (Å²) in [6, 6.07) is 14.0. The van der Waals surface area contributed by atoms with Crippen molar-refractivity contribution in [2.24, 2.45) is 5.10 Å². The van der Waals surface area contributed by atoms with E-state index in [1.165, 1.54) is 0 Å². The Hall–Kier alpha value is -2.75. The summed E-state index contributed by atoms with van der Waals surface area (Å²) in [4.78, 5) is 8.59. The third-order valence-corrected chi connectivity index (χ3v) is 3.28. The van der Waals surface area contributed by atoms with E-state index in [0.29, 0.717) is 0 Å². The summed E-state index contributed by atoms with van der Waals surface area (Å²) in [6.45, 7) is 3.94. The van der Waals surface area contributed by atoms with Crippen molar-refractivity contribution < 1.29 is 0 Å². The molecule has 21 heavy (non-hydrogen) atoms. The van der Waals surface area contributed by atoms with Crippen molar-refractivity contribution in [2.45, 2.75) is 13.8 Å². The molecule has 0 saturated carbocycles. The third kappa shape index (κ3) is 2.89. The second kappa shape index (κ2) is 5.71. The van der Waals surface area contributed by atoms with Gasteiger partial charge in [-0.05, 0) is 26.0 Å². The SMILES string of the molecule is C/C(=N\n1cc(-c2ccccc2)nc1C)c1ccncc1. The number of imidazole rings is 1. The van der Waals surface area contributed by atoms with Crippen LogP contribution in [0, 0.1) is 6.92 Å². The Balaban J connectivity index is 1.96. The quantitative estimate of drug-likeness (QED) is 0.687. The number of aromatic nitrogens is 3. The Morgan fingerprint density at radius 3 is 2.48 bits per heavy atom. The molecule has 4 nitrogen and oxygen atoms in total. The number of benzene rings is 1. The Morgan fingerprint density at radius 1 is 1.05 bits per heavy atom. The highest BCUT2D eigenvalue weighted by molar-refractivity contribution is 5.98. The van der Waals surface area contributed by atoms with Crippen molar-refractivity contribution in [3.8, 4) is 11.3 Å². The maximum atomic E-state index is 4.62. The lowest BCUT2D eigenvalue weighted by Crippen LogP contribution is -2.00. The smallest absolute Gasteiger partial charge is 0.127 e. The highest BCUT2D eigenvalue weighted by Gasteiger charge is 2.06. The Labute approximate surface area is 123 Å². The van der Waals surface area contributed by atoms with E-state index in [0.717, 1.165) is 28.4 Å². The highest BCUT2D eigenvalue weighted by atomic mass is 15.4. The van der Waals surface area contributed by atoms with Crippen molar-refractivity contribution in [1.82, 2.24) is 14.6 Å². The van der Waals surface area contributed by atoms with E-state index in [-0.39, 0.29) is 0 Å². The summed E-state index contributed by atoms with van der Waals surface area (Å²) < 4.78 is 1.82. The molecule has 0 aliphatic carbocycles. The zero-order valence-electron chi connectivity index (χ0n) is 12.1. The second-order valence-electron chi connectivity index (χ2n) is 4.81. The minimum atomic E-state index is 0.863. The first-order valence-electron chi connectivity index (χ1n) is 6.81. The van der Waals surface area contributed by atoms with Gasteiger partial charge in [0, 0.05) is 23.5 Å². The number of rotatable bonds is 3. The minimum Gasteiger partial charge on any atom is -0.265 e. The van der Waals surface area contributed by atoms with E-state index in [1.54, 1.807) is 12.4 Å². The van der Waals surface area contributed by atoms with Gasteiger partial charge in [0.2, 0.25) is 0 Å². The van der Waals surface area contributed by atoms with Crippen molar-refractivity contribution in [2.75, 3.05) is 0 Å². The molecule has 2 heterocycles. The van der Waals surface area contributed by atoms with E-state index < -0.39 is 0 Å². The molecule has 0 bridgehead atoms. The van der Waals surface area contributed by atoms with Crippen molar-refractivity contribution in [3.63, 3.8) is 0 Å². The molecule has 0 radical (unpaired) electrons. The van der Waals surface area contributed by atoms with Gasteiger partial charge in [-0.25, -0.2) is 9.66 Å². The van der Waals surface area contributed by atoms with Crippen LogP contribution in [0.3, 0.4) is 0 Å². The molecule has 3 aromatic rings. The lowest BCUT2D eigenvalue weighted by Gasteiger charge is -2.01. The van der Waals surface area contributed by atoms with Crippen LogP contribution in [-0.4, -0.2) is 20.4 Å². The molecule has 0 saturated heterocycles. The number of pyridine rings is 1. The molecule has 0 N–H and O–H groups in total. The van der Waals surface area contributed by atoms with Crippen molar-refractivity contribution in [1.29, 1.82) is 0 Å². The highest BCUT2D eigenvalue weighted by Crippen LogP contribution is 2.18. The predicted molar refractivity (Wildman–Crippen MR) is 84.2 cm³/mol. The number of hydrogen-bond acceptors (Lipinski definition) is 3. The molecular weight excluding hydrogens is 260 g/mol. The lowest BCUT2D eigenvalue weighted by molar-refractivity contribution is 0.826. The molecule has 0 spiro atoms. The summed E-state index contributed by atoms with van der Waals surface area (Å²) in [7, 11) is 0. The summed E-state index contributed by atoms with van der Waals surface area (Å²) in [6.07, 6.45) is 5.49. The normalized spacial score (nSPS) is 11.6. The van der Waals surface area contributed by atoms with Gasteiger partial charge >= 0.3 is 0 Å². The van der Waals surface area contributed by atoms with Gasteiger partial charge in [-0.3, -0.25) is 4.98 Å². The van der Waals surface area contributed by atoms with Crippen LogP contribution in [0.2, 0.25) is 0 Å². The van der Waals surface area contributed by atoms with Gasteiger partial charge in [-0.2, -0.15) is 5.10 Å². The fraction of sp³-hybridized carbons (Fsp3) is 0.118. The summed E-state index contributed by atoms with van der Waals surface area (Å²) >= 11 is 0. The molecule has 104 valence electrons. The topological polar surface area (TPSA) is 43.1 Å². The van der Waals surface area contributed by atoms with Gasteiger partial charge in [0.1, 0.15) is 5.82 Å². The Bertz CT molecular complexity index is 758. The first kappa shape index (κ1) is 13.2. The molecule has 3 rings (SSSR count). The van der Waals surface area contributed by atoms with Crippen LogP contribution in [0.25, 0.3) is 11.3 Å². The fourth-order valence-electron chi connectivity index (χ4n) is 2.13. The average Bonchev–Trinajstić information content (AvgIpc) is 2.90. The standard InChI is InChI=1S/C17H16N4/c1-13(15-8-10-18-11-9-15)20-21-12-17(19-14(21)2)16-6-4-3-5-7-16/h3-12H,1-2H3/b20-13+.